The number of hydrogen-bond acceptors (Lipinski definition) is 6. The predicted molar refractivity (Wildman–Crippen MR) is 353 cm³/mol. The highest BCUT2D eigenvalue weighted by molar-refractivity contribution is 5.71. The van der Waals surface area contributed by atoms with Crippen LogP contribution in [0.2, 0.25) is 0 Å². The van der Waals surface area contributed by atoms with Gasteiger partial charge in [-0.2, -0.15) is 0 Å². The zero-order valence-corrected chi connectivity index (χ0v) is 53.5. The lowest BCUT2D eigenvalue weighted by molar-refractivity contribution is -0.167. The summed E-state index contributed by atoms with van der Waals surface area (Å²) in [5.41, 5.74) is 0. The van der Waals surface area contributed by atoms with E-state index in [-0.39, 0.29) is 37.5 Å². The molecule has 466 valence electrons. The summed E-state index contributed by atoms with van der Waals surface area (Å²) in [6, 6.07) is 0. The van der Waals surface area contributed by atoms with Crippen LogP contribution in [0.15, 0.2) is 97.2 Å². The number of unbranched alkanes of at least 4 members (excludes halogenated alkanes) is 36. The van der Waals surface area contributed by atoms with Gasteiger partial charge < -0.3 is 14.2 Å². The lowest BCUT2D eigenvalue weighted by Gasteiger charge is -2.18. The summed E-state index contributed by atoms with van der Waals surface area (Å²) in [4.78, 5) is 38.4. The van der Waals surface area contributed by atoms with E-state index in [9.17, 15) is 14.4 Å². The third-order valence-electron chi connectivity index (χ3n) is 15.1. The Balaban J connectivity index is 4.41. The van der Waals surface area contributed by atoms with Crippen LogP contribution in [0.25, 0.3) is 0 Å². The molecule has 0 radical (unpaired) electrons. The number of esters is 3. The molecule has 6 nitrogen and oxygen atoms in total. The first-order valence-corrected chi connectivity index (χ1v) is 34.7. The highest BCUT2D eigenvalue weighted by Gasteiger charge is 2.19. The van der Waals surface area contributed by atoms with Crippen molar-refractivity contribution in [1.29, 1.82) is 0 Å². The Bertz CT molecular complexity index is 1580. The SMILES string of the molecule is CC/C=C\C/C=C\C/C=C\C/C=C\C/C=C\CCCC(=O)OCC(COC(=O)CCCCCCCCCC/C=C\C/C=C\C/C=C\CCCCCCC)OC(=O)CCCCCCCCCCCCCCCCCCCCCCCCC. The molecule has 0 aliphatic rings. The number of rotatable bonds is 63. The van der Waals surface area contributed by atoms with Crippen molar-refractivity contribution in [3.63, 3.8) is 0 Å². The maximum atomic E-state index is 13.0. The molecule has 0 aromatic rings. The molecule has 0 bridgehead atoms. The number of allylic oxidation sites excluding steroid dienone is 16. The maximum Gasteiger partial charge on any atom is 0.306 e. The van der Waals surface area contributed by atoms with Crippen molar-refractivity contribution >= 4 is 17.9 Å². The van der Waals surface area contributed by atoms with Crippen LogP contribution in [-0.4, -0.2) is 37.2 Å². The molecule has 1 atom stereocenters. The standard InChI is InChI=1S/C75H130O6/c1-4-7-10-13-16-19-22-25-28-31-33-35-37-39-41-44-47-50-53-56-59-62-65-68-74(77)80-71-72(70-79-73(76)67-64-61-58-55-52-49-46-43-30-27-24-21-18-15-12-9-6-3)81-75(78)69-66-63-60-57-54-51-48-45-42-40-38-36-34-32-29-26-23-20-17-14-11-8-5-2/h9,12,18,21-22,25,27,30-31,33,37,39,46,49,55,58,72H,4-8,10-11,13-17,19-20,23-24,26,28-29,32,34-36,38,40-45,47-48,50-54,56-57,59-71H2,1-3H3/b12-9-,21-18-,25-22-,30-27-,33-31-,39-37-,49-46-,58-55-. The Morgan fingerprint density at radius 3 is 0.802 bits per heavy atom. The van der Waals surface area contributed by atoms with Gasteiger partial charge in [-0.1, -0.05) is 323 Å². The fourth-order valence-electron chi connectivity index (χ4n) is 9.90. The van der Waals surface area contributed by atoms with Crippen LogP contribution in [0.5, 0.6) is 0 Å². The zero-order chi connectivity index (χ0) is 58.5. The van der Waals surface area contributed by atoms with Gasteiger partial charge in [0.25, 0.3) is 0 Å². The molecule has 0 N–H and O–H groups in total. The molecule has 0 rings (SSSR count). The molecule has 1 unspecified atom stereocenters. The van der Waals surface area contributed by atoms with Gasteiger partial charge in [-0.15, -0.1) is 0 Å². The van der Waals surface area contributed by atoms with Gasteiger partial charge in [-0.25, -0.2) is 0 Å². The number of carbonyl (C=O) groups excluding carboxylic acids is 3. The van der Waals surface area contributed by atoms with Crippen molar-refractivity contribution in [2.45, 2.75) is 348 Å². The molecule has 0 heterocycles. The highest BCUT2D eigenvalue weighted by atomic mass is 16.6. The van der Waals surface area contributed by atoms with Gasteiger partial charge in [0.05, 0.1) is 0 Å². The lowest BCUT2D eigenvalue weighted by atomic mass is 10.0. The maximum absolute atomic E-state index is 13.0. The van der Waals surface area contributed by atoms with E-state index in [1.165, 1.54) is 199 Å². The van der Waals surface area contributed by atoms with Crippen molar-refractivity contribution in [2.75, 3.05) is 13.2 Å². The molecule has 6 heteroatoms. The van der Waals surface area contributed by atoms with Gasteiger partial charge in [0.2, 0.25) is 0 Å². The van der Waals surface area contributed by atoms with Crippen LogP contribution in [0.4, 0.5) is 0 Å². The Hall–Kier alpha value is -3.67. The molecule has 0 aliphatic heterocycles. The summed E-state index contributed by atoms with van der Waals surface area (Å²) >= 11 is 0. The van der Waals surface area contributed by atoms with Crippen LogP contribution in [0, 0.1) is 0 Å². The van der Waals surface area contributed by atoms with Gasteiger partial charge in [0, 0.05) is 19.3 Å². The van der Waals surface area contributed by atoms with Crippen molar-refractivity contribution in [3.05, 3.63) is 97.2 Å². The van der Waals surface area contributed by atoms with Crippen molar-refractivity contribution in [3.8, 4) is 0 Å². The van der Waals surface area contributed by atoms with E-state index in [1.54, 1.807) is 0 Å². The average Bonchev–Trinajstić information content (AvgIpc) is 3.47. The highest BCUT2D eigenvalue weighted by Crippen LogP contribution is 2.17. The number of hydrogen-bond donors (Lipinski definition) is 0. The molecule has 0 aliphatic carbocycles. The first-order valence-electron chi connectivity index (χ1n) is 34.7. The van der Waals surface area contributed by atoms with E-state index < -0.39 is 6.10 Å². The van der Waals surface area contributed by atoms with Gasteiger partial charge in [-0.05, 0) is 96.3 Å². The van der Waals surface area contributed by atoms with E-state index in [0.29, 0.717) is 19.3 Å². The molecule has 0 aromatic carbocycles. The minimum absolute atomic E-state index is 0.0971. The van der Waals surface area contributed by atoms with Crippen LogP contribution >= 0.6 is 0 Å². The van der Waals surface area contributed by atoms with E-state index in [0.717, 1.165) is 96.3 Å². The largest absolute Gasteiger partial charge is 0.462 e. The summed E-state index contributed by atoms with van der Waals surface area (Å²) in [7, 11) is 0. The van der Waals surface area contributed by atoms with Crippen molar-refractivity contribution in [1.82, 2.24) is 0 Å². The van der Waals surface area contributed by atoms with Crippen molar-refractivity contribution < 1.29 is 28.6 Å². The smallest absolute Gasteiger partial charge is 0.306 e. The van der Waals surface area contributed by atoms with E-state index >= 15 is 0 Å². The molecule has 0 amide bonds. The molecule has 0 saturated heterocycles. The second-order valence-electron chi connectivity index (χ2n) is 23.1. The first kappa shape index (κ1) is 77.3. The monoisotopic (exact) mass is 1130 g/mol. The Morgan fingerprint density at radius 1 is 0.259 bits per heavy atom. The van der Waals surface area contributed by atoms with E-state index in [2.05, 4.69) is 118 Å². The fourth-order valence-corrected chi connectivity index (χ4v) is 9.90. The van der Waals surface area contributed by atoms with E-state index in [4.69, 9.17) is 14.2 Å². The van der Waals surface area contributed by atoms with Gasteiger partial charge in [-0.3, -0.25) is 14.4 Å². The molecular formula is C75H130O6. The second kappa shape index (κ2) is 68.8. The van der Waals surface area contributed by atoms with Crippen LogP contribution < -0.4 is 0 Å². The summed E-state index contributed by atoms with van der Waals surface area (Å²) < 4.78 is 16.9. The topological polar surface area (TPSA) is 78.9 Å². The zero-order valence-electron chi connectivity index (χ0n) is 53.5. The Kier molecular flexibility index (Phi) is 65.7. The summed E-state index contributed by atoms with van der Waals surface area (Å²) in [6.07, 6.45) is 92.9. The average molecular weight is 1130 g/mol. The van der Waals surface area contributed by atoms with Gasteiger partial charge in [0.1, 0.15) is 13.2 Å². The molecule has 0 aromatic heterocycles. The lowest BCUT2D eigenvalue weighted by Crippen LogP contribution is -2.30. The second-order valence-corrected chi connectivity index (χ2v) is 23.1. The summed E-state index contributed by atoms with van der Waals surface area (Å²) in [5, 5.41) is 0. The predicted octanol–water partition coefficient (Wildman–Crippen LogP) is 24.0. The van der Waals surface area contributed by atoms with Crippen LogP contribution in [-0.2, 0) is 28.6 Å². The number of ether oxygens (including phenoxy) is 3. The van der Waals surface area contributed by atoms with Crippen molar-refractivity contribution in [2.24, 2.45) is 0 Å². The normalized spacial score (nSPS) is 12.7. The third-order valence-corrected chi connectivity index (χ3v) is 15.1. The van der Waals surface area contributed by atoms with Gasteiger partial charge >= 0.3 is 17.9 Å². The molecule has 81 heavy (non-hydrogen) atoms. The van der Waals surface area contributed by atoms with Crippen LogP contribution in [0.3, 0.4) is 0 Å². The molecular weight excluding hydrogens is 997 g/mol. The van der Waals surface area contributed by atoms with E-state index in [1.807, 2.05) is 0 Å². The third kappa shape index (κ3) is 67.0. The minimum Gasteiger partial charge on any atom is -0.462 e. The van der Waals surface area contributed by atoms with Crippen LogP contribution in [0.1, 0.15) is 342 Å². The molecule has 0 fully saturated rings. The Labute approximate surface area is 502 Å². The van der Waals surface area contributed by atoms with Gasteiger partial charge in [0.15, 0.2) is 6.10 Å². The summed E-state index contributed by atoms with van der Waals surface area (Å²) in [6.45, 7) is 6.51. The fraction of sp³-hybridized carbons (Fsp3) is 0.747. The minimum atomic E-state index is -0.805. The summed E-state index contributed by atoms with van der Waals surface area (Å²) in [5.74, 6) is -0.948. The Morgan fingerprint density at radius 2 is 0.494 bits per heavy atom. The molecule has 0 saturated carbocycles. The number of carbonyl (C=O) groups is 3. The molecule has 0 spiro atoms. The quantitative estimate of drug-likeness (QED) is 0.0261. The first-order chi connectivity index (χ1) is 40.0.